The highest BCUT2D eigenvalue weighted by Crippen LogP contribution is 2.39. The van der Waals surface area contributed by atoms with E-state index in [1.165, 1.54) is 11.8 Å². The van der Waals surface area contributed by atoms with E-state index in [4.69, 9.17) is 14.2 Å². The van der Waals surface area contributed by atoms with E-state index in [0.29, 0.717) is 48.8 Å². The molecule has 4 rings (SSSR count). The lowest BCUT2D eigenvalue weighted by atomic mass is 10.2. The normalized spacial score (nSPS) is 13.5. The number of para-hydroxylation sites is 1. The number of ether oxygens (including phenoxy) is 3. The Bertz CT molecular complexity index is 1090. The van der Waals surface area contributed by atoms with Crippen LogP contribution in [0.1, 0.15) is 13.8 Å². The topological polar surface area (TPSA) is 104 Å². The summed E-state index contributed by atoms with van der Waals surface area (Å²) in [5.74, 6) is 1.23. The summed E-state index contributed by atoms with van der Waals surface area (Å²) < 4.78 is 18.8. The number of carbonyl (C=O) groups is 1. The number of rotatable bonds is 10. The molecule has 1 N–H and O–H groups in total. The van der Waals surface area contributed by atoms with Gasteiger partial charge in [-0.3, -0.25) is 4.79 Å². The lowest BCUT2D eigenvalue weighted by molar-refractivity contribution is -0.113. The van der Waals surface area contributed by atoms with E-state index in [9.17, 15) is 4.79 Å². The van der Waals surface area contributed by atoms with Gasteiger partial charge in [-0.05, 0) is 36.4 Å². The van der Waals surface area contributed by atoms with Crippen molar-refractivity contribution in [1.29, 1.82) is 0 Å². The third-order valence-electron chi connectivity index (χ3n) is 5.06. The zero-order chi connectivity index (χ0) is 23.8. The molecule has 0 unspecified atom stereocenters. The second-order valence-corrected chi connectivity index (χ2v) is 8.27. The van der Waals surface area contributed by atoms with Crippen LogP contribution in [0.15, 0.2) is 47.6 Å². The molecule has 1 amide bonds. The van der Waals surface area contributed by atoms with Crippen molar-refractivity contribution in [1.82, 2.24) is 20.2 Å². The molecule has 1 aliphatic heterocycles. The molecule has 1 aliphatic rings. The Morgan fingerprint density at radius 2 is 1.82 bits per heavy atom. The maximum atomic E-state index is 12.8. The van der Waals surface area contributed by atoms with E-state index in [2.05, 4.69) is 25.7 Å². The van der Waals surface area contributed by atoms with Crippen molar-refractivity contribution in [2.24, 2.45) is 0 Å². The summed E-state index contributed by atoms with van der Waals surface area (Å²) in [6.07, 6.45) is 0. The first kappa shape index (κ1) is 23.8. The molecule has 0 aliphatic carbocycles. The third kappa shape index (κ3) is 5.78. The minimum Gasteiger partial charge on any atom is -0.492 e. The first-order valence-electron chi connectivity index (χ1n) is 11.2. The molecule has 1 fully saturated rings. The Kier molecular flexibility index (Phi) is 8.21. The largest absolute Gasteiger partial charge is 0.492 e. The van der Waals surface area contributed by atoms with Crippen LogP contribution in [0, 0.1) is 0 Å². The lowest BCUT2D eigenvalue weighted by Gasteiger charge is -2.31. The van der Waals surface area contributed by atoms with Crippen molar-refractivity contribution in [3.05, 3.63) is 42.5 Å². The van der Waals surface area contributed by atoms with Gasteiger partial charge in [-0.25, -0.2) is 0 Å². The standard InChI is InChI=1S/C23H28N6O4S/c1-3-32-20-15-19(28-10-12-31-13-11-28)21(33-4-2)14-18(20)24-22(30)16-34-23-25-26-27-29(23)17-8-6-5-7-9-17/h5-9,14-15H,3-4,10-13,16H2,1-2H3,(H,24,30). The maximum absolute atomic E-state index is 12.8. The Morgan fingerprint density at radius 1 is 1.09 bits per heavy atom. The minimum absolute atomic E-state index is 0.133. The summed E-state index contributed by atoms with van der Waals surface area (Å²) in [6, 6.07) is 13.3. The summed E-state index contributed by atoms with van der Waals surface area (Å²) in [4.78, 5) is 15.0. The van der Waals surface area contributed by atoms with Crippen LogP contribution in [-0.4, -0.2) is 71.4 Å². The van der Waals surface area contributed by atoms with Gasteiger partial charge >= 0.3 is 0 Å². The Morgan fingerprint density at radius 3 is 2.56 bits per heavy atom. The highest BCUT2D eigenvalue weighted by Gasteiger charge is 2.21. The number of nitrogens with zero attached hydrogens (tertiary/aromatic N) is 5. The molecule has 0 bridgehead atoms. The minimum atomic E-state index is -0.199. The van der Waals surface area contributed by atoms with Gasteiger partial charge in [0.2, 0.25) is 11.1 Å². The van der Waals surface area contributed by atoms with Crippen molar-refractivity contribution in [3.8, 4) is 17.2 Å². The molecule has 0 spiro atoms. The fraction of sp³-hybridized carbons (Fsp3) is 0.391. The number of hydrogen-bond acceptors (Lipinski definition) is 9. The molecule has 2 aromatic carbocycles. The number of thioether (sulfide) groups is 1. The fourth-order valence-electron chi connectivity index (χ4n) is 3.56. The predicted octanol–water partition coefficient (Wildman–Crippen LogP) is 3.03. The van der Waals surface area contributed by atoms with Crippen LogP contribution >= 0.6 is 11.8 Å². The number of nitrogens with one attached hydrogen (secondary N) is 1. The summed E-state index contributed by atoms with van der Waals surface area (Å²) >= 11 is 1.26. The van der Waals surface area contributed by atoms with E-state index in [-0.39, 0.29) is 11.7 Å². The molecule has 1 saturated heterocycles. The van der Waals surface area contributed by atoms with Gasteiger partial charge in [0.1, 0.15) is 11.5 Å². The van der Waals surface area contributed by atoms with Crippen LogP contribution < -0.4 is 19.7 Å². The molecule has 0 saturated carbocycles. The average Bonchev–Trinajstić information content (AvgIpc) is 3.34. The van der Waals surface area contributed by atoms with Crippen molar-refractivity contribution in [2.45, 2.75) is 19.0 Å². The van der Waals surface area contributed by atoms with Crippen LogP contribution in [0.4, 0.5) is 11.4 Å². The number of anilines is 2. The van der Waals surface area contributed by atoms with Crippen LogP contribution in [0.2, 0.25) is 0 Å². The first-order valence-corrected chi connectivity index (χ1v) is 12.2. The molecule has 10 nitrogen and oxygen atoms in total. The lowest BCUT2D eigenvalue weighted by Crippen LogP contribution is -2.36. The Balaban J connectivity index is 1.49. The van der Waals surface area contributed by atoms with Crippen molar-refractivity contribution < 1.29 is 19.0 Å². The molecule has 180 valence electrons. The quantitative estimate of drug-likeness (QED) is 0.435. The summed E-state index contributed by atoms with van der Waals surface area (Å²) in [6.45, 7) is 7.69. The van der Waals surface area contributed by atoms with E-state index in [0.717, 1.165) is 24.5 Å². The number of amides is 1. The van der Waals surface area contributed by atoms with Crippen LogP contribution in [0.3, 0.4) is 0 Å². The van der Waals surface area contributed by atoms with E-state index >= 15 is 0 Å². The number of carbonyl (C=O) groups excluding carboxylic acids is 1. The Hall–Kier alpha value is -3.31. The summed E-state index contributed by atoms with van der Waals surface area (Å²) in [5, 5.41) is 15.3. The molecule has 34 heavy (non-hydrogen) atoms. The van der Waals surface area contributed by atoms with Crippen LogP contribution in [0.5, 0.6) is 11.5 Å². The molecule has 0 radical (unpaired) electrons. The second kappa shape index (κ2) is 11.7. The number of hydrogen-bond donors (Lipinski definition) is 1. The molecule has 2 heterocycles. The van der Waals surface area contributed by atoms with Crippen molar-refractivity contribution >= 4 is 29.0 Å². The first-order chi connectivity index (χ1) is 16.7. The molecular formula is C23H28N6O4S. The van der Waals surface area contributed by atoms with Gasteiger partial charge in [0, 0.05) is 25.2 Å². The zero-order valence-corrected chi connectivity index (χ0v) is 20.1. The molecule has 0 atom stereocenters. The van der Waals surface area contributed by atoms with E-state index in [1.54, 1.807) is 4.68 Å². The van der Waals surface area contributed by atoms with Crippen LogP contribution in [-0.2, 0) is 9.53 Å². The highest BCUT2D eigenvalue weighted by atomic mass is 32.2. The smallest absolute Gasteiger partial charge is 0.234 e. The number of benzene rings is 2. The van der Waals surface area contributed by atoms with Gasteiger partial charge < -0.3 is 24.4 Å². The molecule has 3 aromatic rings. The van der Waals surface area contributed by atoms with Gasteiger partial charge in [0.15, 0.2) is 0 Å². The van der Waals surface area contributed by atoms with Crippen LogP contribution in [0.25, 0.3) is 5.69 Å². The van der Waals surface area contributed by atoms with Crippen molar-refractivity contribution in [2.75, 3.05) is 55.5 Å². The van der Waals surface area contributed by atoms with E-state index in [1.807, 2.05) is 56.3 Å². The van der Waals surface area contributed by atoms with Gasteiger partial charge in [-0.15, -0.1) is 5.10 Å². The molecular weight excluding hydrogens is 456 g/mol. The summed E-state index contributed by atoms with van der Waals surface area (Å²) in [5.41, 5.74) is 2.33. The van der Waals surface area contributed by atoms with Gasteiger partial charge in [-0.2, -0.15) is 4.68 Å². The summed E-state index contributed by atoms with van der Waals surface area (Å²) in [7, 11) is 0. The van der Waals surface area contributed by atoms with Crippen molar-refractivity contribution in [3.63, 3.8) is 0 Å². The SMILES string of the molecule is CCOc1cc(N2CCOCC2)c(OCC)cc1NC(=O)CSc1nnnn1-c1ccccc1. The fourth-order valence-corrected chi connectivity index (χ4v) is 4.25. The van der Waals surface area contributed by atoms with Gasteiger partial charge in [0.05, 0.1) is 49.2 Å². The highest BCUT2D eigenvalue weighted by molar-refractivity contribution is 7.99. The zero-order valence-electron chi connectivity index (χ0n) is 19.3. The third-order valence-corrected chi connectivity index (χ3v) is 5.98. The predicted molar refractivity (Wildman–Crippen MR) is 130 cm³/mol. The number of aromatic nitrogens is 4. The van der Waals surface area contributed by atoms with Gasteiger partial charge in [0.25, 0.3) is 0 Å². The maximum Gasteiger partial charge on any atom is 0.234 e. The van der Waals surface area contributed by atoms with Gasteiger partial charge in [-0.1, -0.05) is 30.0 Å². The monoisotopic (exact) mass is 484 g/mol. The second-order valence-electron chi connectivity index (χ2n) is 7.33. The number of morpholine rings is 1. The van der Waals surface area contributed by atoms with E-state index < -0.39 is 0 Å². The molecule has 11 heteroatoms. The molecule has 1 aromatic heterocycles. The number of tetrazole rings is 1. The average molecular weight is 485 g/mol. The Labute approximate surface area is 202 Å².